The van der Waals surface area contributed by atoms with Gasteiger partial charge in [0.25, 0.3) is 0 Å². The average molecular weight is 242 g/mol. The maximum absolute atomic E-state index is 9.85. The molecule has 0 unspecified atom stereocenters. The second-order valence-electron chi connectivity index (χ2n) is 1.46. The van der Waals surface area contributed by atoms with E-state index in [1.165, 1.54) is 0 Å². The van der Waals surface area contributed by atoms with Crippen molar-refractivity contribution in [3.05, 3.63) is 9.34 Å². The largest absolute Gasteiger partial charge is 0.511 e. The summed E-state index contributed by atoms with van der Waals surface area (Å²) in [7, 11) is 0. The lowest BCUT2D eigenvalue weighted by atomic mass is 10.5. The number of carboxylic acid groups (broad SMARTS) is 1. The van der Waals surface area contributed by atoms with Crippen LogP contribution in [0, 0.1) is 0 Å². The van der Waals surface area contributed by atoms with Gasteiger partial charge in [-0.2, -0.15) is 0 Å². The van der Waals surface area contributed by atoms with Gasteiger partial charge in [0.1, 0.15) is 5.76 Å². The summed E-state index contributed by atoms with van der Waals surface area (Å²) < 4.78 is 5.14. The van der Waals surface area contributed by atoms with Crippen LogP contribution in [-0.4, -0.2) is 11.3 Å². The molecule has 0 aliphatic carbocycles. The lowest BCUT2D eigenvalue weighted by Gasteiger charge is -1.98. The number of hydrogen-bond donors (Lipinski definition) is 1. The van der Waals surface area contributed by atoms with Crippen LogP contribution in [0.15, 0.2) is 9.34 Å². The maximum atomic E-state index is 9.85. The Hall–Kier alpha value is -0.260. The van der Waals surface area contributed by atoms with Crippen molar-refractivity contribution in [3.63, 3.8) is 0 Å². The van der Waals surface area contributed by atoms with Crippen LogP contribution in [0.2, 0.25) is 0 Å². The Morgan fingerprint density at radius 3 is 2.11 bits per heavy atom. The molecule has 0 aliphatic rings. The fraction of sp³-hybridized carbons (Fsp3) is 0.400. The van der Waals surface area contributed by atoms with Gasteiger partial charge in [0.2, 0.25) is 0 Å². The summed E-state index contributed by atoms with van der Waals surface area (Å²) in [5.41, 5.74) is 0. The standard InChI is InChI=1S/C5H7IO3/c1-3(6)4(2)9-5(7)8/h1-2H3,(H,7,8)/b4-3-. The predicted molar refractivity (Wildman–Crippen MR) is 41.5 cm³/mol. The van der Waals surface area contributed by atoms with E-state index >= 15 is 0 Å². The number of rotatable bonds is 1. The summed E-state index contributed by atoms with van der Waals surface area (Å²) in [6.07, 6.45) is -1.26. The molecule has 52 valence electrons. The Kier molecular flexibility index (Phi) is 3.60. The van der Waals surface area contributed by atoms with Crippen molar-refractivity contribution in [3.8, 4) is 0 Å². The molecule has 0 spiro atoms. The number of carbonyl (C=O) groups is 1. The lowest BCUT2D eigenvalue weighted by molar-refractivity contribution is 0.119. The van der Waals surface area contributed by atoms with E-state index in [4.69, 9.17) is 5.11 Å². The molecule has 0 atom stereocenters. The molecule has 0 aliphatic heterocycles. The van der Waals surface area contributed by atoms with Gasteiger partial charge in [-0.3, -0.25) is 0 Å². The Balaban J connectivity index is 3.92. The third-order valence-electron chi connectivity index (χ3n) is 0.726. The van der Waals surface area contributed by atoms with Gasteiger partial charge in [-0.25, -0.2) is 4.79 Å². The van der Waals surface area contributed by atoms with Crippen LogP contribution in [0.5, 0.6) is 0 Å². The third-order valence-corrected chi connectivity index (χ3v) is 1.49. The zero-order chi connectivity index (χ0) is 7.44. The topological polar surface area (TPSA) is 46.5 Å². The van der Waals surface area contributed by atoms with E-state index in [1.807, 2.05) is 22.6 Å². The van der Waals surface area contributed by atoms with Crippen molar-refractivity contribution in [2.75, 3.05) is 0 Å². The van der Waals surface area contributed by atoms with Crippen LogP contribution in [0.4, 0.5) is 4.79 Å². The summed E-state index contributed by atoms with van der Waals surface area (Å²) in [6, 6.07) is 0. The first-order chi connectivity index (χ1) is 4.04. The Morgan fingerprint density at radius 2 is 2.00 bits per heavy atom. The number of ether oxygens (including phenoxy) is 1. The Labute approximate surface area is 66.8 Å². The molecule has 0 radical (unpaired) electrons. The first-order valence-corrected chi connectivity index (χ1v) is 3.35. The van der Waals surface area contributed by atoms with E-state index in [0.29, 0.717) is 5.76 Å². The molecular formula is C5H7IO3. The first-order valence-electron chi connectivity index (χ1n) is 2.27. The van der Waals surface area contributed by atoms with Crippen molar-refractivity contribution in [1.29, 1.82) is 0 Å². The maximum Gasteiger partial charge on any atom is 0.511 e. The van der Waals surface area contributed by atoms with Gasteiger partial charge in [-0.1, -0.05) is 0 Å². The van der Waals surface area contributed by atoms with Gasteiger partial charge in [0.15, 0.2) is 0 Å². The van der Waals surface area contributed by atoms with Crippen LogP contribution in [-0.2, 0) is 4.74 Å². The molecule has 0 rings (SSSR count). The second kappa shape index (κ2) is 3.71. The van der Waals surface area contributed by atoms with Crippen molar-refractivity contribution >= 4 is 28.7 Å². The van der Waals surface area contributed by atoms with Gasteiger partial charge >= 0.3 is 6.16 Å². The average Bonchev–Trinajstić information content (AvgIpc) is 1.63. The molecule has 0 aromatic heterocycles. The summed E-state index contributed by atoms with van der Waals surface area (Å²) in [4.78, 5) is 9.85. The molecule has 0 bridgehead atoms. The van der Waals surface area contributed by atoms with E-state index < -0.39 is 6.16 Å². The third kappa shape index (κ3) is 4.26. The van der Waals surface area contributed by atoms with Crippen molar-refractivity contribution in [1.82, 2.24) is 0 Å². The second-order valence-corrected chi connectivity index (χ2v) is 3.08. The van der Waals surface area contributed by atoms with Gasteiger partial charge in [-0.05, 0) is 36.4 Å². The van der Waals surface area contributed by atoms with Gasteiger partial charge in [-0.15, -0.1) is 0 Å². The van der Waals surface area contributed by atoms with Gasteiger partial charge in [0, 0.05) is 3.58 Å². The summed E-state index contributed by atoms with van der Waals surface area (Å²) >= 11 is 1.99. The zero-order valence-corrected chi connectivity index (χ0v) is 7.30. The quantitative estimate of drug-likeness (QED) is 0.436. The molecule has 0 saturated carbocycles. The van der Waals surface area contributed by atoms with Gasteiger partial charge < -0.3 is 9.84 Å². The smallest absolute Gasteiger partial charge is 0.449 e. The van der Waals surface area contributed by atoms with Gasteiger partial charge in [0.05, 0.1) is 0 Å². The van der Waals surface area contributed by atoms with E-state index in [-0.39, 0.29) is 0 Å². The van der Waals surface area contributed by atoms with Crippen LogP contribution in [0.25, 0.3) is 0 Å². The molecule has 1 N–H and O–H groups in total. The monoisotopic (exact) mass is 242 g/mol. The SMILES string of the molecule is C/C(I)=C(\C)OC(=O)O. The van der Waals surface area contributed by atoms with Crippen molar-refractivity contribution in [2.24, 2.45) is 0 Å². The Bertz CT molecular complexity index is 146. The zero-order valence-electron chi connectivity index (χ0n) is 5.14. The van der Waals surface area contributed by atoms with E-state index in [0.717, 1.165) is 3.58 Å². The van der Waals surface area contributed by atoms with Crippen LogP contribution >= 0.6 is 22.6 Å². The van der Waals surface area contributed by atoms with Crippen LogP contribution < -0.4 is 0 Å². The number of hydrogen-bond acceptors (Lipinski definition) is 2. The summed E-state index contributed by atoms with van der Waals surface area (Å²) in [5, 5.41) is 8.07. The highest BCUT2D eigenvalue weighted by Gasteiger charge is 1.99. The highest BCUT2D eigenvalue weighted by molar-refractivity contribution is 14.1. The molecule has 4 heteroatoms. The lowest BCUT2D eigenvalue weighted by Crippen LogP contribution is -1.97. The molecule has 0 fully saturated rings. The highest BCUT2D eigenvalue weighted by atomic mass is 127. The first kappa shape index (κ1) is 8.74. The minimum absolute atomic E-state index is 0.433. The molecule has 9 heavy (non-hydrogen) atoms. The fourth-order valence-corrected chi connectivity index (χ4v) is 0.311. The highest BCUT2D eigenvalue weighted by Crippen LogP contribution is 2.11. The minimum atomic E-state index is -1.26. The Morgan fingerprint density at radius 1 is 1.56 bits per heavy atom. The predicted octanol–water partition coefficient (Wildman–Crippen LogP) is 2.37. The molecule has 0 aromatic rings. The van der Waals surface area contributed by atoms with Crippen LogP contribution in [0.1, 0.15) is 13.8 Å². The van der Waals surface area contributed by atoms with E-state index in [9.17, 15) is 4.79 Å². The summed E-state index contributed by atoms with van der Waals surface area (Å²) in [5.74, 6) is 0.433. The molecular weight excluding hydrogens is 235 g/mol. The van der Waals surface area contributed by atoms with Crippen molar-refractivity contribution in [2.45, 2.75) is 13.8 Å². The molecule has 0 heterocycles. The molecule has 0 aromatic carbocycles. The van der Waals surface area contributed by atoms with Crippen molar-refractivity contribution < 1.29 is 14.6 Å². The number of halogens is 1. The molecule has 3 nitrogen and oxygen atoms in total. The summed E-state index contributed by atoms with van der Waals surface area (Å²) in [6.45, 7) is 3.38. The normalized spacial score (nSPS) is 12.3. The number of allylic oxidation sites excluding steroid dienone is 2. The fourth-order valence-electron chi connectivity index (χ4n) is 0.201. The van der Waals surface area contributed by atoms with E-state index in [1.54, 1.807) is 13.8 Å². The molecule has 0 saturated heterocycles. The van der Waals surface area contributed by atoms with E-state index in [2.05, 4.69) is 4.74 Å². The minimum Gasteiger partial charge on any atom is -0.449 e. The molecule has 0 amide bonds. The van der Waals surface area contributed by atoms with Crippen LogP contribution in [0.3, 0.4) is 0 Å².